The van der Waals surface area contributed by atoms with E-state index in [0.717, 1.165) is 58.1 Å². The Morgan fingerprint density at radius 2 is 1.65 bits per heavy atom. The average Bonchev–Trinajstić information content (AvgIpc) is 3.09. The van der Waals surface area contributed by atoms with Crippen molar-refractivity contribution in [2.24, 2.45) is 5.92 Å². The Hall–Kier alpha value is -1.95. The zero-order valence-electron chi connectivity index (χ0n) is 13.3. The van der Waals surface area contributed by atoms with Gasteiger partial charge in [0.2, 0.25) is 11.9 Å². The van der Waals surface area contributed by atoms with Gasteiger partial charge >= 0.3 is 0 Å². The van der Waals surface area contributed by atoms with Crippen molar-refractivity contribution in [1.29, 1.82) is 0 Å². The number of carbonyl (C=O) groups excluding carboxylic acids is 1. The first-order chi connectivity index (χ1) is 11.3. The van der Waals surface area contributed by atoms with Crippen molar-refractivity contribution in [3.63, 3.8) is 0 Å². The van der Waals surface area contributed by atoms with Crippen LogP contribution < -0.4 is 4.90 Å². The summed E-state index contributed by atoms with van der Waals surface area (Å²) in [6.07, 6.45) is 9.70. The number of anilines is 1. The topological polar surface area (TPSA) is 52.6 Å². The van der Waals surface area contributed by atoms with E-state index in [1.165, 1.54) is 0 Å². The number of allylic oxidation sites excluding steroid dienone is 2. The van der Waals surface area contributed by atoms with Crippen LogP contribution in [0.3, 0.4) is 0 Å². The van der Waals surface area contributed by atoms with Crippen LogP contribution in [-0.4, -0.2) is 71.0 Å². The predicted octanol–water partition coefficient (Wildman–Crippen LogP) is 0.776. The number of likely N-dealkylation sites (tertiary alicyclic amines) is 1. The van der Waals surface area contributed by atoms with Crippen LogP contribution >= 0.6 is 0 Å². The largest absolute Gasteiger partial charge is 0.339 e. The molecule has 1 aromatic heterocycles. The van der Waals surface area contributed by atoms with Crippen LogP contribution in [0.2, 0.25) is 0 Å². The Kier molecular flexibility index (Phi) is 3.99. The predicted molar refractivity (Wildman–Crippen MR) is 88.1 cm³/mol. The van der Waals surface area contributed by atoms with Crippen molar-refractivity contribution in [2.45, 2.75) is 18.9 Å². The van der Waals surface area contributed by atoms with Gasteiger partial charge in [-0.3, -0.25) is 9.69 Å². The number of hydrogen-bond acceptors (Lipinski definition) is 5. The molecule has 0 atom stereocenters. The van der Waals surface area contributed by atoms with Gasteiger partial charge in [0.05, 0.1) is 0 Å². The first-order valence-electron chi connectivity index (χ1n) is 8.51. The minimum absolute atomic E-state index is 0.211. The second-order valence-electron chi connectivity index (χ2n) is 6.61. The number of piperazine rings is 1. The molecule has 0 radical (unpaired) electrons. The zero-order valence-corrected chi connectivity index (χ0v) is 13.3. The zero-order chi connectivity index (χ0) is 15.6. The molecule has 6 nitrogen and oxygen atoms in total. The molecule has 4 rings (SSSR count). The highest BCUT2D eigenvalue weighted by Gasteiger charge is 2.38. The molecule has 122 valence electrons. The summed E-state index contributed by atoms with van der Waals surface area (Å²) in [6.45, 7) is 5.77. The molecule has 2 aliphatic heterocycles. The van der Waals surface area contributed by atoms with E-state index in [1.54, 1.807) is 12.4 Å². The second kappa shape index (κ2) is 6.28. The lowest BCUT2D eigenvalue weighted by Gasteiger charge is -2.48. The minimum Gasteiger partial charge on any atom is -0.339 e. The van der Waals surface area contributed by atoms with Crippen LogP contribution in [0.25, 0.3) is 0 Å². The van der Waals surface area contributed by atoms with Crippen molar-refractivity contribution in [3.8, 4) is 0 Å². The molecule has 2 saturated heterocycles. The van der Waals surface area contributed by atoms with Crippen LogP contribution in [0.4, 0.5) is 5.95 Å². The van der Waals surface area contributed by atoms with E-state index in [0.29, 0.717) is 11.9 Å². The number of amides is 1. The molecule has 3 heterocycles. The van der Waals surface area contributed by atoms with Crippen LogP contribution in [0.1, 0.15) is 12.8 Å². The van der Waals surface area contributed by atoms with Gasteiger partial charge in [0.25, 0.3) is 0 Å². The summed E-state index contributed by atoms with van der Waals surface area (Å²) in [5.41, 5.74) is 0. The van der Waals surface area contributed by atoms with E-state index in [4.69, 9.17) is 0 Å². The van der Waals surface area contributed by atoms with E-state index in [9.17, 15) is 4.79 Å². The summed E-state index contributed by atoms with van der Waals surface area (Å²) < 4.78 is 0. The van der Waals surface area contributed by atoms with E-state index < -0.39 is 0 Å². The smallest absolute Gasteiger partial charge is 0.226 e. The molecule has 1 amide bonds. The third-order valence-corrected chi connectivity index (χ3v) is 5.20. The lowest BCUT2D eigenvalue weighted by atomic mass is 10.00. The summed E-state index contributed by atoms with van der Waals surface area (Å²) in [6, 6.07) is 2.38. The van der Waals surface area contributed by atoms with Crippen molar-refractivity contribution in [2.75, 3.05) is 44.2 Å². The fourth-order valence-corrected chi connectivity index (χ4v) is 3.68. The molecule has 6 heteroatoms. The van der Waals surface area contributed by atoms with Crippen molar-refractivity contribution >= 4 is 11.9 Å². The van der Waals surface area contributed by atoms with Crippen LogP contribution in [0.15, 0.2) is 30.6 Å². The van der Waals surface area contributed by atoms with Crippen molar-refractivity contribution < 1.29 is 4.79 Å². The fourth-order valence-electron chi connectivity index (χ4n) is 3.68. The maximum absolute atomic E-state index is 12.3. The summed E-state index contributed by atoms with van der Waals surface area (Å²) in [5, 5.41) is 0. The Morgan fingerprint density at radius 1 is 1.00 bits per heavy atom. The van der Waals surface area contributed by atoms with Crippen molar-refractivity contribution in [3.05, 3.63) is 30.6 Å². The number of carbonyl (C=O) groups is 1. The minimum atomic E-state index is 0.211. The van der Waals surface area contributed by atoms with Gasteiger partial charge in [0.1, 0.15) is 0 Å². The van der Waals surface area contributed by atoms with Crippen LogP contribution in [-0.2, 0) is 4.79 Å². The molecule has 2 fully saturated rings. The molecule has 1 aromatic rings. The van der Waals surface area contributed by atoms with Gasteiger partial charge in [-0.1, -0.05) is 12.2 Å². The first kappa shape index (κ1) is 14.6. The molecule has 0 saturated carbocycles. The normalized spacial score (nSPS) is 23.3. The third kappa shape index (κ3) is 2.95. The Morgan fingerprint density at radius 3 is 2.30 bits per heavy atom. The van der Waals surface area contributed by atoms with Gasteiger partial charge < -0.3 is 9.80 Å². The van der Waals surface area contributed by atoms with Gasteiger partial charge in [-0.05, 0) is 18.9 Å². The van der Waals surface area contributed by atoms with Crippen LogP contribution in [0, 0.1) is 5.92 Å². The highest BCUT2D eigenvalue weighted by molar-refractivity contribution is 5.80. The number of aromatic nitrogens is 2. The highest BCUT2D eigenvalue weighted by atomic mass is 16.2. The molecule has 0 bridgehead atoms. The SMILES string of the molecule is O=C(C1CC=CC1)N1CC(N2CCN(c3ncccn3)CC2)C1. The lowest BCUT2D eigenvalue weighted by molar-refractivity contribution is -0.142. The molecular formula is C17H23N5O. The molecule has 0 aromatic carbocycles. The van der Waals surface area contributed by atoms with E-state index in [1.807, 2.05) is 11.0 Å². The summed E-state index contributed by atoms with van der Waals surface area (Å²) in [5.74, 6) is 1.39. The maximum atomic E-state index is 12.3. The summed E-state index contributed by atoms with van der Waals surface area (Å²) in [4.78, 5) is 27.8. The van der Waals surface area contributed by atoms with Gasteiger partial charge in [-0.25, -0.2) is 9.97 Å². The molecular weight excluding hydrogens is 290 g/mol. The number of nitrogens with zero attached hydrogens (tertiary/aromatic N) is 5. The van der Waals surface area contributed by atoms with Gasteiger partial charge in [0.15, 0.2) is 0 Å². The molecule has 23 heavy (non-hydrogen) atoms. The summed E-state index contributed by atoms with van der Waals surface area (Å²) in [7, 11) is 0. The quantitative estimate of drug-likeness (QED) is 0.772. The molecule has 3 aliphatic rings. The van der Waals surface area contributed by atoms with Gasteiger partial charge in [-0.15, -0.1) is 0 Å². The van der Waals surface area contributed by atoms with Crippen molar-refractivity contribution in [1.82, 2.24) is 19.8 Å². The second-order valence-corrected chi connectivity index (χ2v) is 6.61. The van der Waals surface area contributed by atoms with E-state index >= 15 is 0 Å². The van der Waals surface area contributed by atoms with E-state index in [2.05, 4.69) is 31.9 Å². The lowest BCUT2D eigenvalue weighted by Crippen LogP contribution is -2.65. The number of rotatable bonds is 3. The Bertz CT molecular complexity index is 568. The van der Waals surface area contributed by atoms with Gasteiger partial charge in [0, 0.05) is 63.6 Å². The summed E-state index contributed by atoms with van der Waals surface area (Å²) >= 11 is 0. The Balaban J connectivity index is 1.24. The van der Waals surface area contributed by atoms with E-state index in [-0.39, 0.29) is 5.92 Å². The third-order valence-electron chi connectivity index (χ3n) is 5.20. The molecule has 1 aliphatic carbocycles. The standard InChI is InChI=1S/C17H23N5O/c23-16(14-4-1-2-5-14)22-12-15(13-22)20-8-10-21(11-9-20)17-18-6-3-7-19-17/h1-3,6-7,14-15H,4-5,8-13H2. The maximum Gasteiger partial charge on any atom is 0.226 e. The Labute approximate surface area is 136 Å². The highest BCUT2D eigenvalue weighted by Crippen LogP contribution is 2.25. The number of hydrogen-bond donors (Lipinski definition) is 0. The monoisotopic (exact) mass is 313 g/mol. The molecule has 0 spiro atoms. The van der Waals surface area contributed by atoms with Crippen LogP contribution in [0.5, 0.6) is 0 Å². The first-order valence-corrected chi connectivity index (χ1v) is 8.51. The fraction of sp³-hybridized carbons (Fsp3) is 0.588. The molecule has 0 unspecified atom stereocenters. The van der Waals surface area contributed by atoms with Gasteiger partial charge in [-0.2, -0.15) is 0 Å². The average molecular weight is 313 g/mol. The molecule has 0 N–H and O–H groups in total.